The van der Waals surface area contributed by atoms with Crippen LogP contribution >= 0.6 is 23.1 Å². The Morgan fingerprint density at radius 1 is 1.25 bits per heavy atom. The highest BCUT2D eigenvalue weighted by molar-refractivity contribution is 7.98. The van der Waals surface area contributed by atoms with Gasteiger partial charge in [0.05, 0.1) is 0 Å². The van der Waals surface area contributed by atoms with E-state index in [2.05, 4.69) is 40.5 Å². The van der Waals surface area contributed by atoms with Crippen molar-refractivity contribution < 1.29 is 0 Å². The lowest BCUT2D eigenvalue weighted by Crippen LogP contribution is -2.10. The number of nitrogens with zero attached hydrogens (tertiary/aromatic N) is 2. The summed E-state index contributed by atoms with van der Waals surface area (Å²) in [5, 5.41) is 2.07. The molecule has 3 N–H and O–H groups in total. The Morgan fingerprint density at radius 3 is 2.80 bits per heavy atom. The van der Waals surface area contributed by atoms with Crippen molar-refractivity contribution in [1.29, 1.82) is 0 Å². The van der Waals surface area contributed by atoms with E-state index in [1.165, 1.54) is 10.4 Å². The van der Waals surface area contributed by atoms with Crippen molar-refractivity contribution in [1.82, 2.24) is 9.97 Å². The largest absolute Gasteiger partial charge is 0.292 e. The molecule has 3 aromatic rings. The van der Waals surface area contributed by atoms with Crippen LogP contribution in [0.4, 0.5) is 5.95 Å². The van der Waals surface area contributed by atoms with Crippen LogP contribution < -0.4 is 11.3 Å². The molecule has 0 spiro atoms. The molecule has 0 aliphatic rings. The summed E-state index contributed by atoms with van der Waals surface area (Å²) in [5.74, 6) is 6.79. The molecule has 2 aromatic heterocycles. The summed E-state index contributed by atoms with van der Waals surface area (Å²) >= 11 is 3.36. The lowest BCUT2D eigenvalue weighted by Gasteiger charge is -2.05. The van der Waals surface area contributed by atoms with Crippen molar-refractivity contribution in [3.63, 3.8) is 0 Å². The van der Waals surface area contributed by atoms with Gasteiger partial charge < -0.3 is 0 Å². The Morgan fingerprint density at radius 2 is 2.05 bits per heavy atom. The first-order chi connectivity index (χ1) is 9.76. The van der Waals surface area contributed by atoms with Gasteiger partial charge in [-0.15, -0.1) is 23.1 Å². The molecule has 1 aromatic carbocycles. The maximum atomic E-state index is 5.44. The molecule has 3 rings (SSSR count). The van der Waals surface area contributed by atoms with Gasteiger partial charge in [-0.25, -0.2) is 15.8 Å². The zero-order valence-electron chi connectivity index (χ0n) is 11.0. The first-order valence-corrected chi connectivity index (χ1v) is 7.98. The number of aromatic nitrogens is 2. The second-order valence-electron chi connectivity index (χ2n) is 4.35. The minimum absolute atomic E-state index is 0.468. The molecule has 6 heteroatoms. The first kappa shape index (κ1) is 13.4. The second kappa shape index (κ2) is 5.78. The molecule has 0 saturated carbocycles. The summed E-state index contributed by atoms with van der Waals surface area (Å²) in [7, 11) is 0. The molecule has 0 fully saturated rings. The van der Waals surface area contributed by atoms with Crippen molar-refractivity contribution in [3.05, 3.63) is 46.8 Å². The van der Waals surface area contributed by atoms with Gasteiger partial charge in [0.15, 0.2) is 0 Å². The number of hydrazine groups is 1. The van der Waals surface area contributed by atoms with Crippen LogP contribution in [0.25, 0.3) is 10.2 Å². The Hall–Kier alpha value is -1.63. The van der Waals surface area contributed by atoms with Gasteiger partial charge in [0.25, 0.3) is 0 Å². The third-order valence-electron chi connectivity index (χ3n) is 2.83. The van der Waals surface area contributed by atoms with E-state index in [0.717, 1.165) is 21.0 Å². The number of fused-ring (bicyclic) bond motifs is 1. The van der Waals surface area contributed by atoms with Crippen LogP contribution in [-0.4, -0.2) is 9.97 Å². The van der Waals surface area contributed by atoms with Gasteiger partial charge in [-0.3, -0.25) is 5.43 Å². The molecule has 0 atom stereocenters. The van der Waals surface area contributed by atoms with Crippen LogP contribution in [0.5, 0.6) is 0 Å². The van der Waals surface area contributed by atoms with Gasteiger partial charge in [-0.2, -0.15) is 0 Å². The van der Waals surface area contributed by atoms with E-state index in [1.807, 2.05) is 18.2 Å². The number of rotatable bonds is 4. The van der Waals surface area contributed by atoms with Crippen molar-refractivity contribution in [3.8, 4) is 0 Å². The van der Waals surface area contributed by atoms with Crippen molar-refractivity contribution >= 4 is 39.3 Å². The molecule has 0 bridgehead atoms. The molecule has 0 amide bonds. The zero-order valence-corrected chi connectivity index (χ0v) is 12.6. The van der Waals surface area contributed by atoms with E-state index in [4.69, 9.17) is 5.84 Å². The lowest BCUT2D eigenvalue weighted by molar-refractivity contribution is 1.08. The van der Waals surface area contributed by atoms with Crippen LogP contribution in [0.3, 0.4) is 0 Å². The molecule has 0 unspecified atom stereocenters. The van der Waals surface area contributed by atoms with E-state index >= 15 is 0 Å². The Balaban J connectivity index is 1.93. The fourth-order valence-electron chi connectivity index (χ4n) is 1.92. The van der Waals surface area contributed by atoms with Crippen molar-refractivity contribution in [2.45, 2.75) is 17.7 Å². The fraction of sp³-hybridized carbons (Fsp3) is 0.143. The summed E-state index contributed by atoms with van der Waals surface area (Å²) in [6, 6.07) is 12.5. The average molecular weight is 302 g/mol. The van der Waals surface area contributed by atoms with Gasteiger partial charge in [0, 0.05) is 16.0 Å². The maximum Gasteiger partial charge on any atom is 0.239 e. The molecule has 0 radical (unpaired) electrons. The standard InChI is InChI=1S/C14H14N4S2/c1-9-7-11-12(16-14(18-15)17-13(11)20-9)19-8-10-5-3-2-4-6-10/h2-7H,8,15H2,1H3,(H,16,17,18). The van der Waals surface area contributed by atoms with Crippen LogP contribution in [0.1, 0.15) is 10.4 Å². The van der Waals surface area contributed by atoms with Crippen LogP contribution in [-0.2, 0) is 5.75 Å². The molecule has 20 heavy (non-hydrogen) atoms. The number of nitrogens with one attached hydrogen (secondary N) is 1. The predicted molar refractivity (Wildman–Crippen MR) is 86.0 cm³/mol. The summed E-state index contributed by atoms with van der Waals surface area (Å²) < 4.78 is 0. The number of thioether (sulfide) groups is 1. The molecule has 0 aliphatic carbocycles. The number of hydrogen-bond acceptors (Lipinski definition) is 6. The highest BCUT2D eigenvalue weighted by Gasteiger charge is 2.10. The minimum atomic E-state index is 0.468. The maximum absolute atomic E-state index is 5.44. The Bertz CT molecular complexity index is 725. The number of thiophene rings is 1. The molecule has 102 valence electrons. The summed E-state index contributed by atoms with van der Waals surface area (Å²) in [6.07, 6.45) is 0. The smallest absolute Gasteiger partial charge is 0.239 e. The first-order valence-electron chi connectivity index (χ1n) is 6.18. The van der Waals surface area contributed by atoms with Gasteiger partial charge >= 0.3 is 0 Å². The van der Waals surface area contributed by atoms with Crippen molar-refractivity contribution in [2.75, 3.05) is 5.43 Å². The molecular weight excluding hydrogens is 288 g/mol. The quantitative estimate of drug-likeness (QED) is 0.334. The number of nitrogens with two attached hydrogens (primary N) is 1. The number of anilines is 1. The predicted octanol–water partition coefficient (Wildman–Crippen LogP) is 3.58. The van der Waals surface area contributed by atoms with E-state index in [1.54, 1.807) is 23.1 Å². The highest BCUT2D eigenvalue weighted by atomic mass is 32.2. The topological polar surface area (TPSA) is 63.8 Å². The van der Waals surface area contributed by atoms with Gasteiger partial charge in [0.2, 0.25) is 5.95 Å². The number of aryl methyl sites for hydroxylation is 1. The van der Waals surface area contributed by atoms with Crippen LogP contribution in [0.2, 0.25) is 0 Å². The number of nitrogen functional groups attached to an aromatic ring is 1. The van der Waals surface area contributed by atoms with E-state index in [-0.39, 0.29) is 0 Å². The molecule has 0 aliphatic heterocycles. The monoisotopic (exact) mass is 302 g/mol. The zero-order chi connectivity index (χ0) is 13.9. The Labute approximate surface area is 125 Å². The van der Waals surface area contributed by atoms with E-state index in [0.29, 0.717) is 5.95 Å². The van der Waals surface area contributed by atoms with Gasteiger partial charge in [-0.1, -0.05) is 30.3 Å². The van der Waals surface area contributed by atoms with Crippen LogP contribution in [0.15, 0.2) is 41.4 Å². The van der Waals surface area contributed by atoms with Crippen LogP contribution in [0, 0.1) is 6.92 Å². The minimum Gasteiger partial charge on any atom is -0.292 e. The SMILES string of the molecule is Cc1cc2c(SCc3ccccc3)nc(NN)nc2s1. The highest BCUT2D eigenvalue weighted by Crippen LogP contribution is 2.33. The number of benzene rings is 1. The van der Waals surface area contributed by atoms with Gasteiger partial charge in [-0.05, 0) is 18.6 Å². The molecule has 2 heterocycles. The summed E-state index contributed by atoms with van der Waals surface area (Å²) in [5.41, 5.74) is 3.81. The third-order valence-corrected chi connectivity index (χ3v) is 4.84. The normalized spacial score (nSPS) is 10.9. The lowest BCUT2D eigenvalue weighted by atomic mass is 10.2. The summed E-state index contributed by atoms with van der Waals surface area (Å²) in [6.45, 7) is 2.08. The van der Waals surface area contributed by atoms with Gasteiger partial charge in [0.1, 0.15) is 9.86 Å². The molecule has 4 nitrogen and oxygen atoms in total. The molecule has 0 saturated heterocycles. The summed E-state index contributed by atoms with van der Waals surface area (Å²) in [4.78, 5) is 11.1. The fourth-order valence-corrected chi connectivity index (χ4v) is 3.82. The Kier molecular flexibility index (Phi) is 3.86. The van der Waals surface area contributed by atoms with Crippen molar-refractivity contribution in [2.24, 2.45) is 5.84 Å². The van der Waals surface area contributed by atoms with E-state index in [9.17, 15) is 0 Å². The third kappa shape index (κ3) is 2.77. The number of hydrogen-bond donors (Lipinski definition) is 2. The molecular formula is C14H14N4S2. The average Bonchev–Trinajstić information content (AvgIpc) is 2.86. The van der Waals surface area contributed by atoms with E-state index < -0.39 is 0 Å². The second-order valence-corrected chi connectivity index (χ2v) is 6.55.